The second kappa shape index (κ2) is 12.4. The van der Waals surface area contributed by atoms with Crippen LogP contribution in [0.2, 0.25) is 19.6 Å². The van der Waals surface area contributed by atoms with Gasteiger partial charge < -0.3 is 14.4 Å². The maximum Gasteiger partial charge on any atom is 0.133 e. The second-order valence-corrected chi connectivity index (χ2v) is 16.0. The smallest absolute Gasteiger partial charge is 0.133 e. The fourth-order valence-electron chi connectivity index (χ4n) is 4.43. The monoisotopic (exact) mass is 723 g/mol. The molecule has 0 spiro atoms. The first-order valence-corrected chi connectivity index (χ1v) is 16.6. The zero-order valence-corrected chi connectivity index (χ0v) is 26.6. The molecule has 0 aliphatic carbocycles. The molecule has 6 heteroatoms. The number of rotatable bonds is 4. The zero-order chi connectivity index (χ0) is 27.6. The van der Waals surface area contributed by atoms with E-state index in [9.17, 15) is 4.39 Å². The molecule has 0 unspecified atom stereocenters. The van der Waals surface area contributed by atoms with Crippen molar-refractivity contribution in [1.29, 1.82) is 0 Å². The molecule has 0 bridgehead atoms. The molecule has 0 fully saturated rings. The van der Waals surface area contributed by atoms with Gasteiger partial charge in [0.15, 0.2) is 0 Å². The van der Waals surface area contributed by atoms with Crippen molar-refractivity contribution in [2.45, 2.75) is 39.4 Å². The third-order valence-electron chi connectivity index (χ3n) is 6.73. The number of hydrogen-bond acceptors (Lipinski definition) is 3. The molecule has 0 saturated heterocycles. The molecule has 6 aromatic rings. The first kappa shape index (κ1) is 29.5. The predicted octanol–water partition coefficient (Wildman–Crippen LogP) is 8.80. The molecule has 0 saturated carbocycles. The van der Waals surface area contributed by atoms with Crippen LogP contribution in [0, 0.1) is 17.9 Å². The Balaban J connectivity index is 0.000000192. The maximum atomic E-state index is 14.2. The molecule has 0 atom stereocenters. The average molecular weight is 723 g/mol. The van der Waals surface area contributed by atoms with E-state index in [4.69, 9.17) is 4.42 Å². The Morgan fingerprint density at radius 2 is 1.68 bits per heavy atom. The van der Waals surface area contributed by atoms with Crippen molar-refractivity contribution in [3.05, 3.63) is 115 Å². The van der Waals surface area contributed by atoms with Crippen LogP contribution in [0.4, 0.5) is 4.39 Å². The molecular weight excluding hydrogens is 692 g/mol. The number of benzene rings is 3. The van der Waals surface area contributed by atoms with Crippen molar-refractivity contribution in [3.63, 3.8) is 0 Å². The van der Waals surface area contributed by atoms with Crippen molar-refractivity contribution >= 4 is 35.2 Å². The minimum Gasteiger partial charge on any atom is -0.500 e. The van der Waals surface area contributed by atoms with Crippen LogP contribution in [-0.2, 0) is 20.1 Å². The van der Waals surface area contributed by atoms with Gasteiger partial charge in [-0.25, -0.2) is 4.39 Å². The summed E-state index contributed by atoms with van der Waals surface area (Å²) in [5.41, 5.74) is 5.98. The van der Waals surface area contributed by atoms with Crippen LogP contribution in [-0.4, -0.2) is 18.0 Å². The van der Waals surface area contributed by atoms with Gasteiger partial charge in [-0.1, -0.05) is 74.3 Å². The van der Waals surface area contributed by atoms with Gasteiger partial charge in [-0.15, -0.1) is 54.1 Å². The first-order chi connectivity index (χ1) is 18.7. The van der Waals surface area contributed by atoms with Gasteiger partial charge in [0, 0.05) is 37.9 Å². The van der Waals surface area contributed by atoms with Gasteiger partial charge in [0.05, 0.1) is 13.7 Å². The third-order valence-corrected chi connectivity index (χ3v) is 8.76. The van der Waals surface area contributed by atoms with Gasteiger partial charge in [0.1, 0.15) is 11.4 Å². The fraction of sp³-hybridized carbons (Fsp3) is 0.176. The molecule has 1 radical (unpaired) electrons. The van der Waals surface area contributed by atoms with Crippen LogP contribution < -0.4 is 5.19 Å². The molecule has 0 amide bonds. The van der Waals surface area contributed by atoms with Crippen molar-refractivity contribution in [3.8, 4) is 22.5 Å². The molecule has 3 heterocycles. The van der Waals surface area contributed by atoms with E-state index in [2.05, 4.69) is 67.7 Å². The molecule has 6 rings (SSSR count). The summed E-state index contributed by atoms with van der Waals surface area (Å²) in [6.07, 6.45) is 3.81. The van der Waals surface area contributed by atoms with Gasteiger partial charge in [0.2, 0.25) is 0 Å². The van der Waals surface area contributed by atoms with E-state index in [-0.39, 0.29) is 25.9 Å². The second-order valence-electron chi connectivity index (χ2n) is 10.9. The number of halogens is 1. The standard InChI is InChI=1S/C20H15FNO.C14H16NSi.Ir/c1-12(2)13-9-10-22-17(11-13)14-5-3-6-15-19-16(21)7-4-8-18(19)23-20(14)15;1-16(2,3)13-9-10-14(15-11-13)12-7-5-4-6-8-12;/h3-4,6-12H,1-2H3;4-7,9-11H,1-3H3;/q2*-1;. The van der Waals surface area contributed by atoms with Gasteiger partial charge in [0.25, 0.3) is 0 Å². The van der Waals surface area contributed by atoms with Gasteiger partial charge in [-0.05, 0) is 40.7 Å². The van der Waals surface area contributed by atoms with E-state index >= 15 is 0 Å². The Hall–Kier alpha value is -3.44. The average Bonchev–Trinajstić information content (AvgIpc) is 3.34. The Morgan fingerprint density at radius 1 is 0.850 bits per heavy atom. The molecule has 40 heavy (non-hydrogen) atoms. The summed E-state index contributed by atoms with van der Waals surface area (Å²) in [7, 11) is -1.23. The Kier molecular flexibility index (Phi) is 9.14. The number of pyridine rings is 2. The quantitative estimate of drug-likeness (QED) is 0.135. The van der Waals surface area contributed by atoms with Crippen LogP contribution in [0.5, 0.6) is 0 Å². The SMILES string of the molecule is CC(C)c1ccnc(-c2[c-]ccc3c2oc2cccc(F)c23)c1.C[Si](C)(C)c1ccc(-c2[c-]cccc2)nc1.[Ir]. The third kappa shape index (κ3) is 6.31. The fourth-order valence-corrected chi connectivity index (χ4v) is 5.47. The summed E-state index contributed by atoms with van der Waals surface area (Å²) < 4.78 is 20.1. The molecule has 0 N–H and O–H groups in total. The molecule has 3 aromatic carbocycles. The summed E-state index contributed by atoms with van der Waals surface area (Å²) in [6, 6.07) is 31.2. The van der Waals surface area contributed by atoms with Crippen LogP contribution in [0.3, 0.4) is 0 Å². The number of aromatic nitrogens is 2. The summed E-state index contributed by atoms with van der Waals surface area (Å²) >= 11 is 0. The van der Waals surface area contributed by atoms with E-state index < -0.39 is 8.07 Å². The molecule has 3 aromatic heterocycles. The molecular formula is C34H31FIrN2OSi-2. The topological polar surface area (TPSA) is 38.9 Å². The normalized spacial score (nSPS) is 11.3. The number of hydrogen-bond donors (Lipinski definition) is 0. The Labute approximate surface area is 249 Å². The molecule has 0 aliphatic rings. The van der Waals surface area contributed by atoms with Crippen molar-refractivity contribution < 1.29 is 28.9 Å². The van der Waals surface area contributed by atoms with Crippen LogP contribution in [0.25, 0.3) is 44.5 Å². The van der Waals surface area contributed by atoms with E-state index in [0.29, 0.717) is 22.5 Å². The summed E-state index contributed by atoms with van der Waals surface area (Å²) in [6.45, 7) is 11.3. The minimum atomic E-state index is -1.23. The molecule has 0 aliphatic heterocycles. The minimum absolute atomic E-state index is 0. The largest absolute Gasteiger partial charge is 0.500 e. The predicted molar refractivity (Wildman–Crippen MR) is 161 cm³/mol. The number of nitrogens with zero attached hydrogens (tertiary/aromatic N) is 2. The number of fused-ring (bicyclic) bond motifs is 3. The maximum absolute atomic E-state index is 14.2. The Morgan fingerprint density at radius 3 is 2.35 bits per heavy atom. The summed E-state index contributed by atoms with van der Waals surface area (Å²) in [4.78, 5) is 8.97. The zero-order valence-electron chi connectivity index (χ0n) is 23.3. The van der Waals surface area contributed by atoms with Gasteiger partial charge >= 0.3 is 0 Å². The molecule has 205 valence electrons. The Bertz CT molecular complexity index is 1730. The summed E-state index contributed by atoms with van der Waals surface area (Å²) in [5, 5.41) is 2.66. The van der Waals surface area contributed by atoms with Crippen LogP contribution in [0.15, 0.2) is 95.7 Å². The van der Waals surface area contributed by atoms with E-state index in [0.717, 1.165) is 27.9 Å². The van der Waals surface area contributed by atoms with E-state index in [1.807, 2.05) is 48.7 Å². The first-order valence-electron chi connectivity index (χ1n) is 13.1. The van der Waals surface area contributed by atoms with E-state index in [1.54, 1.807) is 24.4 Å². The number of furan rings is 1. The van der Waals surface area contributed by atoms with Crippen molar-refractivity contribution in [1.82, 2.24) is 9.97 Å². The van der Waals surface area contributed by atoms with Crippen molar-refractivity contribution in [2.75, 3.05) is 0 Å². The van der Waals surface area contributed by atoms with Crippen molar-refractivity contribution in [2.24, 2.45) is 0 Å². The molecule has 3 nitrogen and oxygen atoms in total. The van der Waals surface area contributed by atoms with Gasteiger partial charge in [-0.3, -0.25) is 0 Å². The van der Waals surface area contributed by atoms with Crippen LogP contribution >= 0.6 is 0 Å². The summed E-state index contributed by atoms with van der Waals surface area (Å²) in [5.74, 6) is 0.131. The van der Waals surface area contributed by atoms with Crippen LogP contribution in [0.1, 0.15) is 25.3 Å². The van der Waals surface area contributed by atoms with E-state index in [1.165, 1.54) is 16.8 Å². The van der Waals surface area contributed by atoms with Gasteiger partial charge in [-0.2, -0.15) is 0 Å².